The molecule has 4 fully saturated rings. The van der Waals surface area contributed by atoms with Gasteiger partial charge in [0.2, 0.25) is 11.8 Å². The predicted octanol–water partition coefficient (Wildman–Crippen LogP) is 5.67. The van der Waals surface area contributed by atoms with Gasteiger partial charge in [-0.2, -0.15) is 0 Å². The number of aryl methyl sites for hydroxylation is 1. The predicted molar refractivity (Wildman–Crippen MR) is 271 cm³/mol. The van der Waals surface area contributed by atoms with Gasteiger partial charge in [-0.05, 0) is 119 Å². The van der Waals surface area contributed by atoms with Crippen molar-refractivity contribution in [2.24, 2.45) is 11.3 Å². The van der Waals surface area contributed by atoms with E-state index in [-0.39, 0.29) is 48.9 Å². The number of hydrazine groups is 1. The average molecular weight is 980 g/mol. The molecular weight excluding hydrogens is 903 g/mol. The average Bonchev–Trinajstić information content (AvgIpc) is 3.67. The molecular formula is C54H77N9O8. The van der Waals surface area contributed by atoms with Crippen molar-refractivity contribution < 1.29 is 38.2 Å². The quantitative estimate of drug-likeness (QED) is 0.200. The van der Waals surface area contributed by atoms with E-state index in [1.165, 1.54) is 27.1 Å². The minimum absolute atomic E-state index is 0.131. The number of likely N-dealkylation sites (N-methyl/N-ethyl adjacent to an activating group) is 1. The van der Waals surface area contributed by atoms with Crippen molar-refractivity contribution in [3.63, 3.8) is 0 Å². The second kappa shape index (κ2) is 21.8. The first kappa shape index (κ1) is 52.0. The Morgan fingerprint density at radius 2 is 1.79 bits per heavy atom. The van der Waals surface area contributed by atoms with Gasteiger partial charge in [0.15, 0.2) is 0 Å². The number of carbonyl (C=O) groups is 5. The van der Waals surface area contributed by atoms with Crippen LogP contribution in [0.4, 0.5) is 4.79 Å². The van der Waals surface area contributed by atoms with Crippen molar-refractivity contribution in [3.05, 3.63) is 66.0 Å². The van der Waals surface area contributed by atoms with Crippen LogP contribution in [0.3, 0.4) is 0 Å². The summed E-state index contributed by atoms with van der Waals surface area (Å²) in [5, 5.41) is 5.79. The maximum atomic E-state index is 14.9. The van der Waals surface area contributed by atoms with E-state index < -0.39 is 41.0 Å². The second-order valence-electron chi connectivity index (χ2n) is 21.6. The van der Waals surface area contributed by atoms with Crippen molar-refractivity contribution in [2.45, 2.75) is 129 Å². The number of benzene rings is 1. The van der Waals surface area contributed by atoms with Crippen LogP contribution in [0.25, 0.3) is 22.2 Å². The van der Waals surface area contributed by atoms with Gasteiger partial charge in [0.25, 0.3) is 5.91 Å². The Labute approximate surface area is 419 Å². The monoisotopic (exact) mass is 980 g/mol. The van der Waals surface area contributed by atoms with Crippen LogP contribution in [0, 0.1) is 11.3 Å². The zero-order valence-electron chi connectivity index (χ0n) is 43.3. The fourth-order valence-electron chi connectivity index (χ4n) is 11.8. The van der Waals surface area contributed by atoms with E-state index in [9.17, 15) is 24.0 Å². The number of likely N-dealkylation sites (tertiary alicyclic amines) is 1. The van der Waals surface area contributed by atoms with Crippen LogP contribution in [0.15, 0.2) is 49.2 Å². The molecule has 1 spiro atoms. The molecule has 6 atom stereocenters. The van der Waals surface area contributed by atoms with Gasteiger partial charge < -0.3 is 43.7 Å². The number of hydrogen-bond donors (Lipinski definition) is 2. The van der Waals surface area contributed by atoms with E-state index in [4.69, 9.17) is 19.2 Å². The third-order valence-corrected chi connectivity index (χ3v) is 15.7. The Bertz CT molecular complexity index is 2460. The number of nitrogens with one attached hydrogen (secondary N) is 2. The first-order valence-electron chi connectivity index (χ1n) is 25.9. The summed E-state index contributed by atoms with van der Waals surface area (Å²) in [5.74, 6) is -1.46. The molecule has 3 aromatic rings. The zero-order chi connectivity index (χ0) is 50.8. The normalized spacial score (nSPS) is 24.8. The van der Waals surface area contributed by atoms with Crippen LogP contribution in [0.5, 0.6) is 0 Å². The van der Waals surface area contributed by atoms with Crippen LogP contribution in [-0.4, -0.2) is 167 Å². The summed E-state index contributed by atoms with van der Waals surface area (Å²) in [6.45, 7) is 21.0. The van der Waals surface area contributed by atoms with E-state index in [1.54, 1.807) is 24.0 Å². The molecule has 8 rings (SSSR count). The van der Waals surface area contributed by atoms with Crippen molar-refractivity contribution in [2.75, 3.05) is 79.7 Å². The number of amides is 5. The number of pyridine rings is 1. The van der Waals surface area contributed by atoms with Gasteiger partial charge in [0, 0.05) is 88.0 Å². The number of hydrogen-bond acceptors (Lipinski definition) is 11. The minimum atomic E-state index is -0.982. The van der Waals surface area contributed by atoms with Gasteiger partial charge in [-0.25, -0.2) is 10.2 Å². The molecule has 0 radical (unpaired) electrons. The number of morpholine rings is 1. The van der Waals surface area contributed by atoms with Crippen molar-refractivity contribution in [3.8, 4) is 11.3 Å². The fraction of sp³-hybridized carbons (Fsp3) is 0.630. The molecule has 17 nitrogen and oxygen atoms in total. The molecule has 2 N–H and O–H groups in total. The molecule has 5 amide bonds. The summed E-state index contributed by atoms with van der Waals surface area (Å²) in [7, 11) is 3.36. The maximum absolute atomic E-state index is 14.9. The van der Waals surface area contributed by atoms with Crippen LogP contribution >= 0.6 is 0 Å². The molecule has 386 valence electrons. The SMILES string of the molecule is C=CC(=O)N1CCOC2(CCN(C(=O)N(C)[C@H](C(=O)N[C@H]3CN4CCC[C@@H](C4)c4ccc5c(c4)c(c(-c4cccnc4[C@H](C)OC)n5CC)CC(C)(C)COC(=O)[C@@H]4CCCN(N4)C3=O)C(C)C)CC2)C1. The molecule has 5 aliphatic rings. The number of cyclic esters (lactones) is 1. The molecule has 7 heterocycles. The summed E-state index contributed by atoms with van der Waals surface area (Å²) in [6.07, 6.45) is 7.56. The molecule has 1 aromatic carbocycles. The van der Waals surface area contributed by atoms with E-state index >= 15 is 0 Å². The molecule has 2 aromatic heterocycles. The third-order valence-electron chi connectivity index (χ3n) is 15.7. The Morgan fingerprint density at radius 1 is 1.03 bits per heavy atom. The highest BCUT2D eigenvalue weighted by molar-refractivity contribution is 5.94. The largest absolute Gasteiger partial charge is 0.464 e. The van der Waals surface area contributed by atoms with Crippen LogP contribution < -0.4 is 10.7 Å². The lowest BCUT2D eigenvalue weighted by Crippen LogP contribution is -2.64. The van der Waals surface area contributed by atoms with Gasteiger partial charge in [0.05, 0.1) is 42.9 Å². The molecule has 0 aliphatic carbocycles. The highest BCUT2D eigenvalue weighted by Gasteiger charge is 2.44. The number of ether oxygens (including phenoxy) is 3. The van der Waals surface area contributed by atoms with Gasteiger partial charge in [-0.15, -0.1) is 0 Å². The number of fused-ring (bicyclic) bond motifs is 6. The molecule has 6 bridgehead atoms. The Kier molecular flexibility index (Phi) is 15.9. The van der Waals surface area contributed by atoms with Crippen LogP contribution in [-0.2, 0) is 46.4 Å². The van der Waals surface area contributed by atoms with Gasteiger partial charge in [-0.1, -0.05) is 40.3 Å². The van der Waals surface area contributed by atoms with E-state index in [2.05, 4.69) is 71.8 Å². The Balaban J connectivity index is 1.08. The fourth-order valence-corrected chi connectivity index (χ4v) is 11.8. The highest BCUT2D eigenvalue weighted by atomic mass is 16.5. The van der Waals surface area contributed by atoms with E-state index in [0.717, 1.165) is 53.8 Å². The topological polar surface area (TPSA) is 171 Å². The number of rotatable bonds is 9. The van der Waals surface area contributed by atoms with Gasteiger partial charge >= 0.3 is 12.0 Å². The minimum Gasteiger partial charge on any atom is -0.464 e. The molecule has 4 saturated heterocycles. The first-order valence-corrected chi connectivity index (χ1v) is 25.9. The lowest BCUT2D eigenvalue weighted by molar-refractivity contribution is -0.156. The third kappa shape index (κ3) is 11.0. The second-order valence-corrected chi connectivity index (χ2v) is 21.6. The Hall–Kier alpha value is -5.36. The number of methoxy groups -OCH3 is 1. The zero-order valence-corrected chi connectivity index (χ0v) is 43.3. The number of urea groups is 1. The van der Waals surface area contributed by atoms with Crippen molar-refractivity contribution in [1.29, 1.82) is 0 Å². The smallest absolute Gasteiger partial charge is 0.324 e. The van der Waals surface area contributed by atoms with E-state index in [0.29, 0.717) is 78.0 Å². The highest BCUT2D eigenvalue weighted by Crippen LogP contribution is 2.42. The van der Waals surface area contributed by atoms with Crippen LogP contribution in [0.2, 0.25) is 0 Å². The molecule has 5 aliphatic heterocycles. The first-order chi connectivity index (χ1) is 34.0. The molecule has 0 saturated carbocycles. The summed E-state index contributed by atoms with van der Waals surface area (Å²) in [5.41, 5.74) is 8.65. The summed E-state index contributed by atoms with van der Waals surface area (Å²) >= 11 is 0. The van der Waals surface area contributed by atoms with Gasteiger partial charge in [-0.3, -0.25) is 29.2 Å². The number of piperidine rings is 2. The van der Waals surface area contributed by atoms with Crippen molar-refractivity contribution in [1.82, 2.24) is 44.9 Å². The standard InChI is InChI=1S/C54H77N9O8/c1-10-45(64)61-27-28-71-54(33-61)20-25-60(26-21-54)52(68)58(8)47(35(3)4)49(65)56-43-32-59-23-13-15-38(31-59)37-18-19-44-40(29-37)41(48(62(44)11-2)39-16-12-22-55-46(39)36(5)69-9)30-53(6,7)34-70-51(67)42-17-14-24-63(57-42)50(43)66/h10,12,16,18-19,22,29,35-36,38,42-43,47,57H,1,11,13-15,17,20-21,23-28,30-34H2,2-9H3,(H,56,65)/t36-,38-,42-,43-,47-/m0/s1. The molecule has 17 heteroatoms. The number of nitrogens with zero attached hydrogens (tertiary/aromatic N) is 7. The number of esters is 1. The van der Waals surface area contributed by atoms with Gasteiger partial charge in [0.1, 0.15) is 18.1 Å². The Morgan fingerprint density at radius 3 is 2.51 bits per heavy atom. The number of aromatic nitrogens is 2. The number of carbonyl (C=O) groups excluding carboxylic acids is 5. The van der Waals surface area contributed by atoms with Crippen molar-refractivity contribution >= 4 is 40.6 Å². The molecule has 1 unspecified atom stereocenters. The maximum Gasteiger partial charge on any atom is 0.324 e. The summed E-state index contributed by atoms with van der Waals surface area (Å²) in [6, 6.07) is 8.03. The van der Waals surface area contributed by atoms with E-state index in [1.807, 2.05) is 33.0 Å². The lowest BCUT2D eigenvalue weighted by atomic mass is 9.83. The summed E-state index contributed by atoms with van der Waals surface area (Å²) in [4.78, 5) is 82.5. The lowest BCUT2D eigenvalue weighted by Gasteiger charge is -2.47. The molecule has 71 heavy (non-hydrogen) atoms. The summed E-state index contributed by atoms with van der Waals surface area (Å²) < 4.78 is 20.6. The van der Waals surface area contributed by atoms with Crippen LogP contribution in [0.1, 0.15) is 109 Å².